The number of aromatic hydroxyl groups is 1. The second kappa shape index (κ2) is 5.72. The summed E-state index contributed by atoms with van der Waals surface area (Å²) in [6.45, 7) is 8.73. The molecule has 0 amide bonds. The van der Waals surface area contributed by atoms with E-state index in [4.69, 9.17) is 4.74 Å². The highest BCUT2D eigenvalue weighted by Crippen LogP contribution is 2.23. The first-order valence-electron chi connectivity index (χ1n) is 6.68. The number of aryl methyl sites for hydroxylation is 2. The number of phenolic OH excluding ortho intramolecular Hbond substituents is 1. The van der Waals surface area contributed by atoms with Gasteiger partial charge < -0.3 is 15.2 Å². The molecule has 0 aliphatic carbocycles. The molecule has 18 heavy (non-hydrogen) atoms. The van der Waals surface area contributed by atoms with Crippen LogP contribution in [0.25, 0.3) is 0 Å². The van der Waals surface area contributed by atoms with Crippen molar-refractivity contribution in [3.63, 3.8) is 0 Å². The lowest BCUT2D eigenvalue weighted by Crippen LogP contribution is -2.33. The van der Waals surface area contributed by atoms with Crippen molar-refractivity contribution >= 4 is 0 Å². The van der Waals surface area contributed by atoms with E-state index in [1.807, 2.05) is 26.0 Å². The highest BCUT2D eigenvalue weighted by Gasteiger charge is 2.21. The largest absolute Gasteiger partial charge is 0.507 e. The van der Waals surface area contributed by atoms with Crippen LogP contribution in [0, 0.1) is 19.8 Å². The Balaban J connectivity index is 1.93. The molecule has 3 heteroatoms. The zero-order valence-electron chi connectivity index (χ0n) is 11.5. The summed E-state index contributed by atoms with van der Waals surface area (Å²) in [6.07, 6.45) is 1.15. The van der Waals surface area contributed by atoms with Crippen LogP contribution in [-0.4, -0.2) is 24.4 Å². The van der Waals surface area contributed by atoms with Crippen molar-refractivity contribution in [3.05, 3.63) is 28.8 Å². The molecular formula is C15H23NO2. The van der Waals surface area contributed by atoms with Crippen LogP contribution in [0.3, 0.4) is 0 Å². The number of rotatable bonds is 4. The molecule has 0 bridgehead atoms. The highest BCUT2D eigenvalue weighted by atomic mass is 16.5. The lowest BCUT2D eigenvalue weighted by Gasteiger charge is -2.19. The fourth-order valence-electron chi connectivity index (χ4n) is 2.54. The highest BCUT2D eigenvalue weighted by molar-refractivity contribution is 5.42. The predicted octanol–water partition coefficient (Wildman–Crippen LogP) is 2.52. The molecule has 1 aliphatic rings. The average molecular weight is 249 g/mol. The number of hydrogen-bond acceptors (Lipinski definition) is 3. The van der Waals surface area contributed by atoms with Gasteiger partial charge in [-0.25, -0.2) is 0 Å². The zero-order valence-corrected chi connectivity index (χ0v) is 11.5. The quantitative estimate of drug-likeness (QED) is 0.861. The average Bonchev–Trinajstić information content (AvgIpc) is 2.86. The fraction of sp³-hybridized carbons (Fsp3) is 0.600. The molecular weight excluding hydrogens is 226 g/mol. The van der Waals surface area contributed by atoms with E-state index in [9.17, 15) is 5.11 Å². The Bertz CT molecular complexity index is 388. The van der Waals surface area contributed by atoms with Gasteiger partial charge in [-0.3, -0.25) is 0 Å². The smallest absolute Gasteiger partial charge is 0.121 e. The topological polar surface area (TPSA) is 41.5 Å². The van der Waals surface area contributed by atoms with Gasteiger partial charge in [-0.1, -0.05) is 12.1 Å². The summed E-state index contributed by atoms with van der Waals surface area (Å²) in [6, 6.07) is 4.57. The number of nitrogens with one attached hydrogen (secondary N) is 1. The Morgan fingerprint density at radius 2 is 2.06 bits per heavy atom. The summed E-state index contributed by atoms with van der Waals surface area (Å²) in [7, 11) is 0. The zero-order chi connectivity index (χ0) is 13.1. The van der Waals surface area contributed by atoms with E-state index in [1.54, 1.807) is 0 Å². The standard InChI is InChI=1S/C15H23NO2/c1-10-6-13(7-11(2)15(10)17)8-16-12(3)14-4-5-18-9-14/h6-7,12,14,16-17H,4-5,8-9H2,1-3H3. The van der Waals surface area contributed by atoms with E-state index in [0.29, 0.717) is 17.7 Å². The number of benzene rings is 1. The lowest BCUT2D eigenvalue weighted by atomic mass is 10.00. The van der Waals surface area contributed by atoms with E-state index in [2.05, 4.69) is 12.2 Å². The molecule has 100 valence electrons. The van der Waals surface area contributed by atoms with Gasteiger partial charge in [-0.05, 0) is 49.8 Å². The molecule has 1 aliphatic heterocycles. The second-order valence-corrected chi connectivity index (χ2v) is 5.37. The normalized spacial score (nSPS) is 21.2. The van der Waals surface area contributed by atoms with Gasteiger partial charge in [0.15, 0.2) is 0 Å². The van der Waals surface area contributed by atoms with Gasteiger partial charge in [-0.15, -0.1) is 0 Å². The van der Waals surface area contributed by atoms with Crippen molar-refractivity contribution < 1.29 is 9.84 Å². The van der Waals surface area contributed by atoms with Gasteiger partial charge >= 0.3 is 0 Å². The van der Waals surface area contributed by atoms with Crippen LogP contribution in [0.5, 0.6) is 5.75 Å². The third-order valence-corrected chi connectivity index (χ3v) is 3.85. The molecule has 1 saturated heterocycles. The molecule has 1 aromatic rings. The minimum Gasteiger partial charge on any atom is -0.507 e. The van der Waals surface area contributed by atoms with Crippen LogP contribution in [-0.2, 0) is 11.3 Å². The molecule has 1 fully saturated rings. The second-order valence-electron chi connectivity index (χ2n) is 5.37. The van der Waals surface area contributed by atoms with E-state index in [-0.39, 0.29) is 0 Å². The first-order valence-corrected chi connectivity index (χ1v) is 6.68. The van der Waals surface area contributed by atoms with Gasteiger partial charge in [0.2, 0.25) is 0 Å². The van der Waals surface area contributed by atoms with Crippen LogP contribution >= 0.6 is 0 Å². The maximum atomic E-state index is 9.74. The molecule has 2 rings (SSSR count). The first-order chi connectivity index (χ1) is 8.58. The molecule has 2 N–H and O–H groups in total. The SMILES string of the molecule is Cc1cc(CNC(C)C2CCOC2)cc(C)c1O. The van der Waals surface area contributed by atoms with Gasteiger partial charge in [-0.2, -0.15) is 0 Å². The van der Waals surface area contributed by atoms with Crippen LogP contribution < -0.4 is 5.32 Å². The molecule has 1 aromatic carbocycles. The van der Waals surface area contributed by atoms with E-state index in [1.165, 1.54) is 5.56 Å². The minimum absolute atomic E-state index is 0.413. The molecule has 0 aromatic heterocycles. The predicted molar refractivity (Wildman–Crippen MR) is 72.8 cm³/mol. The van der Waals surface area contributed by atoms with Crippen molar-refractivity contribution in [2.75, 3.05) is 13.2 Å². The molecule has 0 spiro atoms. The summed E-state index contributed by atoms with van der Waals surface area (Å²) in [4.78, 5) is 0. The van der Waals surface area contributed by atoms with E-state index in [0.717, 1.165) is 37.3 Å². The maximum absolute atomic E-state index is 9.74. The molecule has 1 heterocycles. The minimum atomic E-state index is 0.413. The summed E-state index contributed by atoms with van der Waals surface area (Å²) in [5, 5.41) is 13.3. The van der Waals surface area contributed by atoms with Crippen molar-refractivity contribution in [2.45, 2.75) is 39.8 Å². The fourth-order valence-corrected chi connectivity index (χ4v) is 2.54. The molecule has 0 saturated carbocycles. The van der Waals surface area contributed by atoms with Gasteiger partial charge in [0.1, 0.15) is 5.75 Å². The molecule has 2 unspecified atom stereocenters. The van der Waals surface area contributed by atoms with Crippen molar-refractivity contribution in [2.24, 2.45) is 5.92 Å². The maximum Gasteiger partial charge on any atom is 0.121 e. The Morgan fingerprint density at radius 1 is 1.39 bits per heavy atom. The van der Waals surface area contributed by atoms with Crippen LogP contribution in [0.1, 0.15) is 30.0 Å². The Morgan fingerprint density at radius 3 is 2.61 bits per heavy atom. The van der Waals surface area contributed by atoms with Gasteiger partial charge in [0.05, 0.1) is 6.61 Å². The van der Waals surface area contributed by atoms with Gasteiger partial charge in [0, 0.05) is 19.2 Å². The van der Waals surface area contributed by atoms with E-state index < -0.39 is 0 Å². The van der Waals surface area contributed by atoms with Crippen molar-refractivity contribution in [1.82, 2.24) is 5.32 Å². The third-order valence-electron chi connectivity index (χ3n) is 3.85. The van der Waals surface area contributed by atoms with Crippen LogP contribution in [0.2, 0.25) is 0 Å². The van der Waals surface area contributed by atoms with E-state index >= 15 is 0 Å². The van der Waals surface area contributed by atoms with Crippen molar-refractivity contribution in [3.8, 4) is 5.75 Å². The summed E-state index contributed by atoms with van der Waals surface area (Å²) in [5.41, 5.74) is 3.13. The van der Waals surface area contributed by atoms with Crippen LogP contribution in [0.15, 0.2) is 12.1 Å². The number of phenols is 1. The first kappa shape index (κ1) is 13.4. The Labute approximate surface area is 109 Å². The Hall–Kier alpha value is -1.06. The summed E-state index contributed by atoms with van der Waals surface area (Å²) < 4.78 is 5.41. The third kappa shape index (κ3) is 3.03. The lowest BCUT2D eigenvalue weighted by molar-refractivity contribution is 0.178. The van der Waals surface area contributed by atoms with Crippen molar-refractivity contribution in [1.29, 1.82) is 0 Å². The molecule has 3 nitrogen and oxygen atoms in total. The van der Waals surface area contributed by atoms with Gasteiger partial charge in [0.25, 0.3) is 0 Å². The number of ether oxygens (including phenoxy) is 1. The summed E-state index contributed by atoms with van der Waals surface area (Å²) >= 11 is 0. The Kier molecular flexibility index (Phi) is 4.25. The monoisotopic (exact) mass is 249 g/mol. The van der Waals surface area contributed by atoms with Crippen LogP contribution in [0.4, 0.5) is 0 Å². The molecule has 2 atom stereocenters. The molecule has 0 radical (unpaired) electrons. The number of hydrogen-bond donors (Lipinski definition) is 2. The summed E-state index contributed by atoms with van der Waals surface area (Å²) in [5.74, 6) is 1.04.